The molecule has 0 bridgehead atoms. The highest BCUT2D eigenvalue weighted by Crippen LogP contribution is 2.22. The van der Waals surface area contributed by atoms with Crippen LogP contribution in [0.15, 0.2) is 137 Å². The van der Waals surface area contributed by atoms with Crippen LogP contribution in [-0.4, -0.2) is 41.0 Å². The van der Waals surface area contributed by atoms with Crippen molar-refractivity contribution in [2.75, 3.05) is 31.9 Å². The first-order valence-electron chi connectivity index (χ1n) is 15.5. The fourth-order valence-corrected chi connectivity index (χ4v) is 6.38. The average molecular weight is 757 g/mol. The normalized spacial score (nSPS) is 11.0. The van der Waals surface area contributed by atoms with E-state index in [1.807, 2.05) is 9.44 Å². The minimum atomic E-state index is -4.34. The molecule has 16 nitrogen and oxygen atoms in total. The van der Waals surface area contributed by atoms with Gasteiger partial charge in [0.2, 0.25) is 0 Å². The molecule has 0 heterocycles. The fourth-order valence-electron chi connectivity index (χ4n) is 4.57. The van der Waals surface area contributed by atoms with E-state index in [2.05, 4.69) is 31.9 Å². The number of rotatable bonds is 10. The van der Waals surface area contributed by atoms with Crippen molar-refractivity contribution in [2.45, 2.75) is 16.7 Å². The molecule has 0 fully saturated rings. The predicted molar refractivity (Wildman–Crippen MR) is 201 cm³/mol. The van der Waals surface area contributed by atoms with Crippen LogP contribution in [0.3, 0.4) is 0 Å². The molecular formula is C35H32N8O8S2. The highest BCUT2D eigenvalue weighted by Gasteiger charge is 2.20. The third kappa shape index (κ3) is 10.8. The summed E-state index contributed by atoms with van der Waals surface area (Å²) in [6.45, 7) is 1.61. The lowest BCUT2D eigenvalue weighted by molar-refractivity contribution is 0.255. The van der Waals surface area contributed by atoms with Crippen molar-refractivity contribution >= 4 is 78.3 Å². The van der Waals surface area contributed by atoms with Gasteiger partial charge in [0.25, 0.3) is 20.0 Å². The SMILES string of the molecule is Cc1ccc(NC(=O)NS(=O)(=O)c2ccc(NC(=O)Nc3ccccc3)cc2)cc1NC(=O)NS(=O)(=O)c1ccc(NC(=O)Nc2ccccc2)cc1. The Morgan fingerprint density at radius 3 is 1.15 bits per heavy atom. The number of carbonyl (C=O) groups excluding carboxylic acids is 4. The van der Waals surface area contributed by atoms with Crippen molar-refractivity contribution < 1.29 is 36.0 Å². The molecule has 18 heteroatoms. The van der Waals surface area contributed by atoms with E-state index in [9.17, 15) is 36.0 Å². The van der Waals surface area contributed by atoms with Gasteiger partial charge >= 0.3 is 24.1 Å². The summed E-state index contributed by atoms with van der Waals surface area (Å²) in [5.74, 6) is 0. The van der Waals surface area contributed by atoms with E-state index in [1.54, 1.807) is 67.6 Å². The van der Waals surface area contributed by atoms with Crippen LogP contribution in [0.5, 0.6) is 0 Å². The maximum atomic E-state index is 12.9. The number of nitrogens with one attached hydrogen (secondary N) is 8. The number of sulfonamides is 2. The van der Waals surface area contributed by atoms with E-state index < -0.39 is 44.2 Å². The van der Waals surface area contributed by atoms with Crippen LogP contribution in [0.25, 0.3) is 0 Å². The van der Waals surface area contributed by atoms with Crippen molar-refractivity contribution in [3.63, 3.8) is 0 Å². The third-order valence-electron chi connectivity index (χ3n) is 7.11. The van der Waals surface area contributed by atoms with Gasteiger partial charge in [-0.15, -0.1) is 0 Å². The zero-order valence-electron chi connectivity index (χ0n) is 27.7. The summed E-state index contributed by atoms with van der Waals surface area (Å²) in [5, 5.41) is 15.2. The number of aryl methyl sites for hydroxylation is 1. The quantitative estimate of drug-likeness (QED) is 0.0803. The third-order valence-corrected chi connectivity index (χ3v) is 9.80. The number of para-hydroxylation sites is 2. The maximum absolute atomic E-state index is 12.9. The topological polar surface area (TPSA) is 233 Å². The molecular weight excluding hydrogens is 725 g/mol. The van der Waals surface area contributed by atoms with Crippen LogP contribution >= 0.6 is 0 Å². The summed E-state index contributed by atoms with van der Waals surface area (Å²) in [4.78, 5) is 49.3. The van der Waals surface area contributed by atoms with Gasteiger partial charge in [-0.1, -0.05) is 42.5 Å². The number of carbonyl (C=O) groups is 4. The Labute approximate surface area is 304 Å². The van der Waals surface area contributed by atoms with E-state index in [-0.39, 0.29) is 21.2 Å². The van der Waals surface area contributed by atoms with Gasteiger partial charge in [-0.25, -0.2) is 45.5 Å². The number of amides is 8. The molecule has 0 saturated heterocycles. The van der Waals surface area contributed by atoms with Crippen molar-refractivity contribution in [3.05, 3.63) is 133 Å². The van der Waals surface area contributed by atoms with Gasteiger partial charge in [0.05, 0.1) is 9.79 Å². The van der Waals surface area contributed by atoms with Gasteiger partial charge in [0.1, 0.15) is 0 Å². The van der Waals surface area contributed by atoms with Crippen LogP contribution in [-0.2, 0) is 20.0 Å². The second-order valence-corrected chi connectivity index (χ2v) is 14.5. The predicted octanol–water partition coefficient (Wildman–Crippen LogP) is 6.30. The minimum Gasteiger partial charge on any atom is -0.308 e. The first-order chi connectivity index (χ1) is 25.3. The molecule has 0 spiro atoms. The Balaban J connectivity index is 1.13. The monoisotopic (exact) mass is 756 g/mol. The Bertz CT molecular complexity index is 2340. The Hall–Kier alpha value is -6.92. The van der Waals surface area contributed by atoms with Crippen molar-refractivity contribution in [1.29, 1.82) is 0 Å². The molecule has 0 saturated carbocycles. The van der Waals surface area contributed by atoms with Gasteiger partial charge in [0, 0.05) is 34.1 Å². The molecule has 8 amide bonds. The molecule has 5 aromatic carbocycles. The average Bonchev–Trinajstić information content (AvgIpc) is 3.10. The van der Waals surface area contributed by atoms with E-state index in [0.29, 0.717) is 28.3 Å². The molecule has 272 valence electrons. The zero-order valence-corrected chi connectivity index (χ0v) is 29.3. The van der Waals surface area contributed by atoms with Crippen molar-refractivity contribution in [2.24, 2.45) is 0 Å². The minimum absolute atomic E-state index is 0.0739. The van der Waals surface area contributed by atoms with E-state index >= 15 is 0 Å². The largest absolute Gasteiger partial charge is 0.333 e. The molecule has 5 aromatic rings. The lowest BCUT2D eigenvalue weighted by atomic mass is 10.2. The fraction of sp³-hybridized carbons (Fsp3) is 0.0286. The van der Waals surface area contributed by atoms with Crippen LogP contribution < -0.4 is 41.3 Å². The standard InChI is InChI=1S/C35H32N8O8S2/c1-23-12-13-28(40-34(46)42-52(48,49)29-18-14-26(15-19-29)38-32(44)36-24-8-4-2-5-9-24)22-31(23)41-35(47)43-53(50,51)30-20-16-27(17-21-30)39-33(45)37-25-10-6-3-7-11-25/h2-22H,1H3,(H2,36,38,44)(H2,37,39,45)(H2,40,42,46)(H2,41,43,47). The molecule has 0 aromatic heterocycles. The number of hydrogen-bond acceptors (Lipinski definition) is 8. The Morgan fingerprint density at radius 2 is 0.736 bits per heavy atom. The highest BCUT2D eigenvalue weighted by molar-refractivity contribution is 7.90. The molecule has 0 aliphatic heterocycles. The molecule has 0 aliphatic rings. The van der Waals surface area contributed by atoms with E-state index in [1.165, 1.54) is 66.7 Å². The van der Waals surface area contributed by atoms with Crippen LogP contribution in [0.1, 0.15) is 5.56 Å². The number of hydrogen-bond donors (Lipinski definition) is 8. The summed E-state index contributed by atoms with van der Waals surface area (Å²) < 4.78 is 55.2. The van der Waals surface area contributed by atoms with Crippen molar-refractivity contribution in [3.8, 4) is 0 Å². The summed E-state index contributed by atoms with van der Waals surface area (Å²) in [6.07, 6.45) is 0. The first-order valence-corrected chi connectivity index (χ1v) is 18.5. The molecule has 0 unspecified atom stereocenters. The molecule has 0 aliphatic carbocycles. The molecule has 0 atom stereocenters. The van der Waals surface area contributed by atoms with Gasteiger partial charge in [-0.3, -0.25) is 0 Å². The highest BCUT2D eigenvalue weighted by atomic mass is 32.2. The lowest BCUT2D eigenvalue weighted by Crippen LogP contribution is -2.35. The summed E-state index contributed by atoms with van der Waals surface area (Å²) >= 11 is 0. The van der Waals surface area contributed by atoms with Crippen LogP contribution in [0, 0.1) is 6.92 Å². The number of benzene rings is 5. The van der Waals surface area contributed by atoms with Gasteiger partial charge < -0.3 is 31.9 Å². The van der Waals surface area contributed by atoms with E-state index in [4.69, 9.17) is 0 Å². The molecule has 53 heavy (non-hydrogen) atoms. The van der Waals surface area contributed by atoms with Crippen molar-refractivity contribution in [1.82, 2.24) is 9.44 Å². The lowest BCUT2D eigenvalue weighted by Gasteiger charge is -2.14. The van der Waals surface area contributed by atoms with Gasteiger partial charge in [-0.05, 0) is 97.4 Å². The van der Waals surface area contributed by atoms with Crippen LogP contribution in [0.2, 0.25) is 0 Å². The summed E-state index contributed by atoms with van der Waals surface area (Å²) in [6, 6.07) is 28.5. The molecule has 0 radical (unpaired) electrons. The zero-order chi connectivity index (χ0) is 38.0. The maximum Gasteiger partial charge on any atom is 0.333 e. The number of anilines is 6. The second kappa shape index (κ2) is 16.4. The molecule has 8 N–H and O–H groups in total. The number of urea groups is 4. The second-order valence-electron chi connectivity index (χ2n) is 11.1. The smallest absolute Gasteiger partial charge is 0.308 e. The van der Waals surface area contributed by atoms with E-state index in [0.717, 1.165) is 0 Å². The van der Waals surface area contributed by atoms with Gasteiger partial charge in [-0.2, -0.15) is 0 Å². The Morgan fingerprint density at radius 1 is 0.396 bits per heavy atom. The van der Waals surface area contributed by atoms with Crippen LogP contribution in [0.4, 0.5) is 53.3 Å². The summed E-state index contributed by atoms with van der Waals surface area (Å²) in [5.41, 5.74) is 2.40. The molecule has 5 rings (SSSR count). The van der Waals surface area contributed by atoms with Gasteiger partial charge in [0.15, 0.2) is 0 Å². The summed E-state index contributed by atoms with van der Waals surface area (Å²) in [7, 11) is -8.68. The first kappa shape index (κ1) is 37.3. The Kier molecular flexibility index (Phi) is 11.6.